The Morgan fingerprint density at radius 1 is 1.18 bits per heavy atom. The molecule has 1 aromatic carbocycles. The molecule has 8 heteroatoms. The highest BCUT2D eigenvalue weighted by molar-refractivity contribution is 6.04. The predicted octanol–water partition coefficient (Wildman–Crippen LogP) is 3.40. The smallest absolute Gasteiger partial charge is 0.417 e. The van der Waals surface area contributed by atoms with E-state index in [-0.39, 0.29) is 5.75 Å². The molecule has 0 saturated heterocycles. The molecule has 0 bridgehead atoms. The molecule has 0 aliphatic carbocycles. The summed E-state index contributed by atoms with van der Waals surface area (Å²) in [4.78, 5) is 23.3. The average Bonchev–Trinajstić information content (AvgIpc) is 2.35. The lowest BCUT2D eigenvalue weighted by Crippen LogP contribution is -2.29. The number of carbonyl (C=O) groups excluding carboxylic acids is 1. The maximum atomic E-state index is 13.0. The van der Waals surface area contributed by atoms with E-state index in [1.807, 2.05) is 0 Å². The summed E-state index contributed by atoms with van der Waals surface area (Å²) in [6, 6.07) is 1.57. The van der Waals surface area contributed by atoms with Crippen LogP contribution in [0.15, 0.2) is 12.1 Å². The first-order chi connectivity index (χ1) is 9.89. The third kappa shape index (κ3) is 3.69. The van der Waals surface area contributed by atoms with E-state index in [2.05, 4.69) is 5.32 Å². The maximum absolute atomic E-state index is 13.0. The number of carboxylic acids is 1. The van der Waals surface area contributed by atoms with Crippen LogP contribution < -0.4 is 10.1 Å². The molecule has 0 radical (unpaired) electrons. The monoisotopic (exact) mass is 319 g/mol. The molecule has 0 saturated carbocycles. The fourth-order valence-electron chi connectivity index (χ4n) is 1.64. The van der Waals surface area contributed by atoms with E-state index in [1.165, 1.54) is 7.11 Å². The average molecular weight is 319 g/mol. The number of alkyl halides is 3. The van der Waals surface area contributed by atoms with E-state index >= 15 is 0 Å². The standard InChI is InChI=1S/C14H16F3NO4/c1-13(2,3)12(21)18-10-8(22-4)6-5-7(14(15,16)17)9(10)11(19)20/h5-6H,1-4H3,(H,18,21)(H,19,20). The van der Waals surface area contributed by atoms with Gasteiger partial charge in [-0.1, -0.05) is 20.8 Å². The highest BCUT2D eigenvalue weighted by Crippen LogP contribution is 2.40. The van der Waals surface area contributed by atoms with Gasteiger partial charge in [-0.05, 0) is 12.1 Å². The summed E-state index contributed by atoms with van der Waals surface area (Å²) in [5, 5.41) is 11.4. The quantitative estimate of drug-likeness (QED) is 0.895. The topological polar surface area (TPSA) is 75.6 Å². The lowest BCUT2D eigenvalue weighted by molar-refractivity contribution is -0.138. The first-order valence-corrected chi connectivity index (χ1v) is 6.22. The third-order valence-corrected chi connectivity index (χ3v) is 2.83. The SMILES string of the molecule is COc1ccc(C(F)(F)F)c(C(=O)O)c1NC(=O)C(C)(C)C. The molecule has 122 valence electrons. The number of aromatic carboxylic acids is 1. The second-order valence-corrected chi connectivity index (χ2v) is 5.57. The van der Waals surface area contributed by atoms with Crippen molar-refractivity contribution in [1.82, 2.24) is 0 Å². The number of carbonyl (C=O) groups is 2. The van der Waals surface area contributed by atoms with Gasteiger partial charge in [0.15, 0.2) is 0 Å². The lowest BCUT2D eigenvalue weighted by atomic mass is 9.95. The minimum atomic E-state index is -4.87. The van der Waals surface area contributed by atoms with E-state index in [0.29, 0.717) is 6.07 Å². The fourth-order valence-corrected chi connectivity index (χ4v) is 1.64. The van der Waals surface area contributed by atoms with Gasteiger partial charge < -0.3 is 15.2 Å². The number of halogens is 3. The van der Waals surface area contributed by atoms with E-state index in [0.717, 1.165) is 6.07 Å². The predicted molar refractivity (Wildman–Crippen MR) is 73.0 cm³/mol. The molecule has 0 spiro atoms. The molecule has 0 unspecified atom stereocenters. The van der Waals surface area contributed by atoms with Crippen LogP contribution in [0.4, 0.5) is 18.9 Å². The van der Waals surface area contributed by atoms with Gasteiger partial charge in [0.25, 0.3) is 0 Å². The Labute approximate surface area is 125 Å². The van der Waals surface area contributed by atoms with Crippen LogP contribution in [0.1, 0.15) is 36.7 Å². The van der Waals surface area contributed by atoms with Crippen molar-refractivity contribution >= 4 is 17.6 Å². The highest BCUT2D eigenvalue weighted by atomic mass is 19.4. The number of carboxylic acid groups (broad SMARTS) is 1. The Morgan fingerprint density at radius 2 is 1.73 bits per heavy atom. The molecule has 1 aromatic rings. The van der Waals surface area contributed by atoms with E-state index in [1.54, 1.807) is 20.8 Å². The number of rotatable bonds is 3. The molecule has 0 heterocycles. The highest BCUT2D eigenvalue weighted by Gasteiger charge is 2.38. The number of ether oxygens (including phenoxy) is 1. The minimum absolute atomic E-state index is 0.164. The van der Waals surface area contributed by atoms with Crippen molar-refractivity contribution in [2.45, 2.75) is 26.9 Å². The summed E-state index contributed by atoms with van der Waals surface area (Å²) in [6.07, 6.45) is -4.87. The molecular weight excluding hydrogens is 303 g/mol. The Bertz CT molecular complexity index is 603. The van der Waals surface area contributed by atoms with Gasteiger partial charge >= 0.3 is 12.1 Å². The zero-order valence-electron chi connectivity index (χ0n) is 12.5. The Balaban J connectivity index is 3.58. The first kappa shape index (κ1) is 17.8. The molecule has 0 aliphatic rings. The molecule has 22 heavy (non-hydrogen) atoms. The van der Waals surface area contributed by atoms with Gasteiger partial charge in [0, 0.05) is 5.41 Å². The number of nitrogens with one attached hydrogen (secondary N) is 1. The normalized spacial score (nSPS) is 12.0. The maximum Gasteiger partial charge on any atom is 0.417 e. The number of hydrogen-bond donors (Lipinski definition) is 2. The lowest BCUT2D eigenvalue weighted by Gasteiger charge is -2.22. The van der Waals surface area contributed by atoms with Crippen molar-refractivity contribution in [2.24, 2.45) is 5.41 Å². The van der Waals surface area contributed by atoms with Crippen molar-refractivity contribution in [1.29, 1.82) is 0 Å². The van der Waals surface area contributed by atoms with Crippen LogP contribution in [0.25, 0.3) is 0 Å². The van der Waals surface area contributed by atoms with E-state index in [9.17, 15) is 22.8 Å². The largest absolute Gasteiger partial charge is 0.495 e. The number of amides is 1. The summed E-state index contributed by atoms with van der Waals surface area (Å²) >= 11 is 0. The van der Waals surface area contributed by atoms with Crippen molar-refractivity contribution < 1.29 is 32.6 Å². The van der Waals surface area contributed by atoms with Crippen molar-refractivity contribution in [3.8, 4) is 5.75 Å². The van der Waals surface area contributed by atoms with Gasteiger partial charge in [-0.2, -0.15) is 13.2 Å². The van der Waals surface area contributed by atoms with E-state index < -0.39 is 40.3 Å². The van der Waals surface area contributed by atoms with Crippen LogP contribution in [0, 0.1) is 5.41 Å². The molecule has 1 amide bonds. The van der Waals surface area contributed by atoms with Gasteiger partial charge in [0.05, 0.1) is 23.9 Å². The molecule has 0 atom stereocenters. The minimum Gasteiger partial charge on any atom is -0.495 e. The van der Waals surface area contributed by atoms with Crippen molar-refractivity contribution in [2.75, 3.05) is 12.4 Å². The molecule has 0 fully saturated rings. The van der Waals surface area contributed by atoms with Gasteiger partial charge in [-0.3, -0.25) is 4.79 Å². The van der Waals surface area contributed by atoms with Crippen molar-refractivity contribution in [3.05, 3.63) is 23.3 Å². The van der Waals surface area contributed by atoms with Crippen LogP contribution in [0.5, 0.6) is 5.75 Å². The number of benzene rings is 1. The third-order valence-electron chi connectivity index (χ3n) is 2.83. The van der Waals surface area contributed by atoms with Crippen LogP contribution in [-0.2, 0) is 11.0 Å². The second-order valence-electron chi connectivity index (χ2n) is 5.57. The molecule has 0 aliphatic heterocycles. The van der Waals surface area contributed by atoms with Crippen LogP contribution in [-0.4, -0.2) is 24.1 Å². The zero-order chi connectivity index (χ0) is 17.3. The number of hydrogen-bond acceptors (Lipinski definition) is 3. The van der Waals surface area contributed by atoms with Gasteiger partial charge in [-0.25, -0.2) is 4.79 Å². The molecule has 0 aromatic heterocycles. The number of anilines is 1. The summed E-state index contributed by atoms with van der Waals surface area (Å²) in [5.41, 5.74) is -3.84. The van der Waals surface area contributed by atoms with Crippen LogP contribution >= 0.6 is 0 Å². The summed E-state index contributed by atoms with van der Waals surface area (Å²) < 4.78 is 43.8. The summed E-state index contributed by atoms with van der Waals surface area (Å²) in [5.74, 6) is -2.61. The van der Waals surface area contributed by atoms with Gasteiger partial charge in [0.1, 0.15) is 5.75 Å². The van der Waals surface area contributed by atoms with E-state index in [4.69, 9.17) is 9.84 Å². The Hall–Kier alpha value is -2.25. The Morgan fingerprint density at radius 3 is 2.09 bits per heavy atom. The zero-order valence-corrected chi connectivity index (χ0v) is 12.5. The van der Waals surface area contributed by atoms with Crippen molar-refractivity contribution in [3.63, 3.8) is 0 Å². The fraction of sp³-hybridized carbons (Fsp3) is 0.429. The second kappa shape index (κ2) is 5.86. The molecular formula is C14H16F3NO4. The number of methoxy groups -OCH3 is 1. The van der Waals surface area contributed by atoms with Gasteiger partial charge in [-0.15, -0.1) is 0 Å². The van der Waals surface area contributed by atoms with Crippen LogP contribution in [0.3, 0.4) is 0 Å². The first-order valence-electron chi connectivity index (χ1n) is 6.22. The van der Waals surface area contributed by atoms with Crippen LogP contribution in [0.2, 0.25) is 0 Å². The Kier molecular flexibility index (Phi) is 4.74. The molecule has 2 N–H and O–H groups in total. The molecule has 5 nitrogen and oxygen atoms in total. The summed E-state index contributed by atoms with van der Waals surface area (Å²) in [6.45, 7) is 4.63. The summed E-state index contributed by atoms with van der Waals surface area (Å²) in [7, 11) is 1.17. The molecule has 1 rings (SSSR count). The van der Waals surface area contributed by atoms with Gasteiger partial charge in [0.2, 0.25) is 5.91 Å².